The van der Waals surface area contributed by atoms with Crippen LogP contribution < -0.4 is 11.1 Å². The monoisotopic (exact) mass is 303 g/mol. The van der Waals surface area contributed by atoms with Crippen LogP contribution >= 0.6 is 0 Å². The summed E-state index contributed by atoms with van der Waals surface area (Å²) in [6, 6.07) is 7.92. The van der Waals surface area contributed by atoms with E-state index in [0.29, 0.717) is 19.0 Å². The van der Waals surface area contributed by atoms with Gasteiger partial charge >= 0.3 is 0 Å². The minimum absolute atomic E-state index is 0.0533. The van der Waals surface area contributed by atoms with E-state index in [1.165, 1.54) is 5.56 Å². The maximum absolute atomic E-state index is 12.1. The lowest BCUT2D eigenvalue weighted by Crippen LogP contribution is -2.44. The highest BCUT2D eigenvalue weighted by atomic mass is 16.2. The van der Waals surface area contributed by atoms with Crippen LogP contribution in [-0.4, -0.2) is 36.3 Å². The van der Waals surface area contributed by atoms with Crippen molar-refractivity contribution in [2.45, 2.75) is 32.6 Å². The van der Waals surface area contributed by atoms with Crippen molar-refractivity contribution in [3.05, 3.63) is 29.8 Å². The van der Waals surface area contributed by atoms with E-state index in [1.807, 2.05) is 29.2 Å². The molecule has 0 aromatic heterocycles. The molecule has 5 nitrogen and oxygen atoms in total. The first-order valence-corrected chi connectivity index (χ1v) is 7.87. The molecule has 0 unspecified atom stereocenters. The molecule has 1 aliphatic heterocycles. The molecule has 1 atom stereocenters. The lowest BCUT2D eigenvalue weighted by atomic mass is 9.97. The van der Waals surface area contributed by atoms with E-state index >= 15 is 0 Å². The third-order valence-corrected chi connectivity index (χ3v) is 4.14. The van der Waals surface area contributed by atoms with Gasteiger partial charge in [-0.25, -0.2) is 0 Å². The van der Waals surface area contributed by atoms with Crippen molar-refractivity contribution in [2.24, 2.45) is 11.7 Å². The molecule has 1 fully saturated rings. The second-order valence-electron chi connectivity index (χ2n) is 6.30. The fraction of sp³-hybridized carbons (Fsp3) is 0.529. The quantitative estimate of drug-likeness (QED) is 0.873. The van der Waals surface area contributed by atoms with Crippen molar-refractivity contribution >= 4 is 17.5 Å². The second kappa shape index (κ2) is 7.40. The zero-order valence-corrected chi connectivity index (χ0v) is 13.3. The van der Waals surface area contributed by atoms with Gasteiger partial charge in [-0.1, -0.05) is 26.0 Å². The van der Waals surface area contributed by atoms with E-state index < -0.39 is 0 Å². The summed E-state index contributed by atoms with van der Waals surface area (Å²) in [6.45, 7) is 5.99. The SMILES string of the molecule is CC(C)c1ccc(NC(=O)CN2CCC[C@H](C(N)=O)C2)cc1. The maximum atomic E-state index is 12.1. The van der Waals surface area contributed by atoms with Gasteiger partial charge in [-0.15, -0.1) is 0 Å². The fourth-order valence-electron chi connectivity index (χ4n) is 2.79. The average molecular weight is 303 g/mol. The molecule has 0 saturated carbocycles. The van der Waals surface area contributed by atoms with Crippen LogP contribution in [0, 0.1) is 5.92 Å². The number of hydrogen-bond acceptors (Lipinski definition) is 3. The Morgan fingerprint density at radius 1 is 1.32 bits per heavy atom. The van der Waals surface area contributed by atoms with Crippen molar-refractivity contribution in [1.82, 2.24) is 4.90 Å². The fourth-order valence-corrected chi connectivity index (χ4v) is 2.79. The number of carbonyl (C=O) groups excluding carboxylic acids is 2. The number of carbonyl (C=O) groups is 2. The second-order valence-corrected chi connectivity index (χ2v) is 6.30. The molecule has 1 aromatic carbocycles. The number of hydrogen-bond donors (Lipinski definition) is 2. The van der Waals surface area contributed by atoms with E-state index in [9.17, 15) is 9.59 Å². The molecule has 2 rings (SSSR count). The van der Waals surface area contributed by atoms with E-state index in [-0.39, 0.29) is 17.7 Å². The Hall–Kier alpha value is -1.88. The van der Waals surface area contributed by atoms with Crippen LogP contribution in [0.5, 0.6) is 0 Å². The number of amides is 2. The topological polar surface area (TPSA) is 75.4 Å². The van der Waals surface area contributed by atoms with Crippen LogP contribution in [0.25, 0.3) is 0 Å². The normalized spacial score (nSPS) is 19.1. The summed E-state index contributed by atoms with van der Waals surface area (Å²) < 4.78 is 0. The van der Waals surface area contributed by atoms with E-state index in [4.69, 9.17) is 5.73 Å². The average Bonchev–Trinajstić information content (AvgIpc) is 2.47. The maximum Gasteiger partial charge on any atom is 0.238 e. The Balaban J connectivity index is 1.86. The van der Waals surface area contributed by atoms with Crippen molar-refractivity contribution in [2.75, 3.05) is 25.0 Å². The number of rotatable bonds is 5. The Labute approximate surface area is 131 Å². The van der Waals surface area contributed by atoms with E-state index in [1.54, 1.807) is 0 Å². The van der Waals surface area contributed by atoms with Crippen LogP contribution in [0.2, 0.25) is 0 Å². The number of nitrogens with two attached hydrogens (primary N) is 1. The number of primary amides is 1. The molecule has 3 N–H and O–H groups in total. The molecular weight excluding hydrogens is 278 g/mol. The first-order valence-electron chi connectivity index (χ1n) is 7.87. The Morgan fingerprint density at radius 2 is 2.00 bits per heavy atom. The smallest absolute Gasteiger partial charge is 0.238 e. The highest BCUT2D eigenvalue weighted by Crippen LogP contribution is 2.18. The third-order valence-electron chi connectivity index (χ3n) is 4.14. The lowest BCUT2D eigenvalue weighted by molar-refractivity contribution is -0.125. The Bertz CT molecular complexity index is 525. The number of anilines is 1. The standard InChI is InChI=1S/C17H25N3O2/c1-12(2)13-5-7-15(8-6-13)19-16(21)11-20-9-3-4-14(10-20)17(18)22/h5-8,12,14H,3-4,9-11H2,1-2H3,(H2,18,22)(H,19,21)/t14-/m0/s1. The molecule has 0 bridgehead atoms. The highest BCUT2D eigenvalue weighted by Gasteiger charge is 2.25. The highest BCUT2D eigenvalue weighted by molar-refractivity contribution is 5.92. The molecule has 22 heavy (non-hydrogen) atoms. The van der Waals surface area contributed by atoms with Gasteiger partial charge < -0.3 is 11.1 Å². The molecule has 0 spiro atoms. The molecule has 1 heterocycles. The Morgan fingerprint density at radius 3 is 2.59 bits per heavy atom. The molecule has 1 aromatic rings. The zero-order valence-electron chi connectivity index (χ0n) is 13.3. The largest absolute Gasteiger partial charge is 0.369 e. The molecule has 0 aliphatic carbocycles. The number of nitrogens with one attached hydrogen (secondary N) is 1. The molecular formula is C17H25N3O2. The predicted molar refractivity (Wildman–Crippen MR) is 87.5 cm³/mol. The summed E-state index contributed by atoms with van der Waals surface area (Å²) in [5.41, 5.74) is 7.41. The minimum Gasteiger partial charge on any atom is -0.369 e. The van der Waals surface area contributed by atoms with Gasteiger partial charge in [-0.05, 0) is 43.0 Å². The number of likely N-dealkylation sites (tertiary alicyclic amines) is 1. The van der Waals surface area contributed by atoms with E-state index in [2.05, 4.69) is 19.2 Å². The van der Waals surface area contributed by atoms with Gasteiger partial charge in [0.15, 0.2) is 0 Å². The number of piperidine rings is 1. The molecule has 2 amide bonds. The summed E-state index contributed by atoms with van der Waals surface area (Å²) in [5, 5.41) is 2.90. The number of benzene rings is 1. The van der Waals surface area contributed by atoms with Crippen molar-refractivity contribution in [3.8, 4) is 0 Å². The van der Waals surface area contributed by atoms with Gasteiger partial charge in [0.1, 0.15) is 0 Å². The van der Waals surface area contributed by atoms with Gasteiger partial charge in [0, 0.05) is 12.2 Å². The molecule has 5 heteroatoms. The minimum atomic E-state index is -0.269. The van der Waals surface area contributed by atoms with Crippen LogP contribution in [0.4, 0.5) is 5.69 Å². The van der Waals surface area contributed by atoms with Crippen LogP contribution in [0.15, 0.2) is 24.3 Å². The van der Waals surface area contributed by atoms with Crippen molar-refractivity contribution < 1.29 is 9.59 Å². The summed E-state index contributed by atoms with van der Waals surface area (Å²) in [7, 11) is 0. The predicted octanol–water partition coefficient (Wildman–Crippen LogP) is 1.95. The summed E-state index contributed by atoms with van der Waals surface area (Å²) in [6.07, 6.45) is 1.73. The van der Waals surface area contributed by atoms with Gasteiger partial charge in [0.25, 0.3) is 0 Å². The van der Waals surface area contributed by atoms with Crippen molar-refractivity contribution in [3.63, 3.8) is 0 Å². The molecule has 1 aliphatic rings. The van der Waals surface area contributed by atoms with Crippen LogP contribution in [-0.2, 0) is 9.59 Å². The van der Waals surface area contributed by atoms with Gasteiger partial charge in [-0.3, -0.25) is 14.5 Å². The van der Waals surface area contributed by atoms with Gasteiger partial charge in [0.05, 0.1) is 12.5 Å². The summed E-state index contributed by atoms with van der Waals surface area (Å²) in [5.74, 6) is 0.0208. The summed E-state index contributed by atoms with van der Waals surface area (Å²) >= 11 is 0. The summed E-state index contributed by atoms with van der Waals surface area (Å²) in [4.78, 5) is 25.4. The van der Waals surface area contributed by atoms with Crippen LogP contribution in [0.1, 0.15) is 38.2 Å². The first-order chi connectivity index (χ1) is 10.5. The lowest BCUT2D eigenvalue weighted by Gasteiger charge is -2.30. The third kappa shape index (κ3) is 4.56. The van der Waals surface area contributed by atoms with Crippen molar-refractivity contribution in [1.29, 1.82) is 0 Å². The van der Waals surface area contributed by atoms with Gasteiger partial charge in [0.2, 0.25) is 11.8 Å². The first kappa shape index (κ1) is 16.5. The molecule has 0 radical (unpaired) electrons. The van der Waals surface area contributed by atoms with E-state index in [0.717, 1.165) is 25.1 Å². The Kier molecular flexibility index (Phi) is 5.55. The zero-order chi connectivity index (χ0) is 16.1. The molecule has 1 saturated heterocycles. The van der Waals surface area contributed by atoms with Crippen LogP contribution in [0.3, 0.4) is 0 Å². The number of nitrogens with zero attached hydrogens (tertiary/aromatic N) is 1. The van der Waals surface area contributed by atoms with Gasteiger partial charge in [-0.2, -0.15) is 0 Å². The molecule has 120 valence electrons.